The third kappa shape index (κ3) is 1.80. The lowest BCUT2D eigenvalue weighted by atomic mass is 10.4. The molecule has 0 saturated heterocycles. The zero-order chi connectivity index (χ0) is 8.43. The summed E-state index contributed by atoms with van der Waals surface area (Å²) in [5.74, 6) is 0. The number of hydrogen-bond donors (Lipinski definition) is 0. The Kier molecular flexibility index (Phi) is 3.04. The smallest absolute Gasteiger partial charge is 0.0984 e. The van der Waals surface area contributed by atoms with Gasteiger partial charge in [-0.1, -0.05) is 6.92 Å². The molecule has 1 aliphatic heterocycles. The maximum Gasteiger partial charge on any atom is 0.0984 e. The van der Waals surface area contributed by atoms with Crippen LogP contribution in [0.3, 0.4) is 0 Å². The van der Waals surface area contributed by atoms with E-state index in [1.54, 1.807) is 0 Å². The van der Waals surface area contributed by atoms with E-state index in [2.05, 4.69) is 59.5 Å². The molecule has 1 atom stereocenters. The Morgan fingerprint density at radius 3 is 2.64 bits per heavy atom. The summed E-state index contributed by atoms with van der Waals surface area (Å²) >= 11 is 2.37. The van der Waals surface area contributed by atoms with E-state index in [0.717, 1.165) is 6.54 Å². The van der Waals surface area contributed by atoms with Gasteiger partial charge in [0.2, 0.25) is 0 Å². The minimum absolute atomic E-state index is 0.543. The second-order valence-electron chi connectivity index (χ2n) is 2.93. The zero-order valence-corrected chi connectivity index (χ0v) is 9.50. The van der Waals surface area contributed by atoms with Crippen molar-refractivity contribution in [3.63, 3.8) is 0 Å². The first-order chi connectivity index (χ1) is 5.16. The molecule has 11 heavy (non-hydrogen) atoms. The van der Waals surface area contributed by atoms with Crippen molar-refractivity contribution in [1.29, 1.82) is 0 Å². The van der Waals surface area contributed by atoms with E-state index < -0.39 is 0 Å². The fourth-order valence-electron chi connectivity index (χ4n) is 1.25. The molecule has 0 spiro atoms. The van der Waals surface area contributed by atoms with Gasteiger partial charge in [-0.15, -0.1) is 0 Å². The summed E-state index contributed by atoms with van der Waals surface area (Å²) in [7, 11) is 2.14. The summed E-state index contributed by atoms with van der Waals surface area (Å²) in [6.07, 6.45) is 4.00. The van der Waals surface area contributed by atoms with Crippen LogP contribution < -0.4 is 0 Å². The molecule has 2 nitrogen and oxygen atoms in total. The van der Waals surface area contributed by atoms with Gasteiger partial charge in [0.25, 0.3) is 0 Å². The zero-order valence-electron chi connectivity index (χ0n) is 7.34. The normalized spacial score (nSPS) is 24.4. The first-order valence-corrected chi connectivity index (χ1v) is 5.10. The lowest BCUT2D eigenvalue weighted by molar-refractivity contribution is 0.194. The van der Waals surface area contributed by atoms with Crippen molar-refractivity contribution in [1.82, 2.24) is 9.80 Å². The highest BCUT2D eigenvalue weighted by Gasteiger charge is 2.22. The lowest BCUT2D eigenvalue weighted by Gasteiger charge is -2.26. The van der Waals surface area contributed by atoms with Gasteiger partial charge < -0.3 is 9.80 Å². The van der Waals surface area contributed by atoms with Crippen molar-refractivity contribution < 1.29 is 0 Å². The molecule has 64 valence electrons. The molecule has 0 amide bonds. The van der Waals surface area contributed by atoms with Crippen molar-refractivity contribution in [2.45, 2.75) is 26.4 Å². The summed E-state index contributed by atoms with van der Waals surface area (Å²) in [5.41, 5.74) is 0. The number of nitrogens with zero attached hydrogens (tertiary/aromatic N) is 2. The van der Waals surface area contributed by atoms with Crippen molar-refractivity contribution in [2.24, 2.45) is 0 Å². The van der Waals surface area contributed by atoms with Gasteiger partial charge in [-0.25, -0.2) is 0 Å². The average molecular weight is 266 g/mol. The molecule has 0 saturated carbocycles. The molecular weight excluding hydrogens is 251 g/mol. The summed E-state index contributed by atoms with van der Waals surface area (Å²) in [4.78, 5) is 4.66. The highest BCUT2D eigenvalue weighted by atomic mass is 127. The van der Waals surface area contributed by atoms with Gasteiger partial charge in [-0.3, -0.25) is 0 Å². The van der Waals surface area contributed by atoms with Gasteiger partial charge in [-0.05, 0) is 35.9 Å². The second-order valence-corrected chi connectivity index (χ2v) is 4.04. The summed E-state index contributed by atoms with van der Waals surface area (Å²) in [6.45, 7) is 5.61. The molecule has 0 radical (unpaired) electrons. The van der Waals surface area contributed by atoms with E-state index in [9.17, 15) is 0 Å². The van der Waals surface area contributed by atoms with E-state index in [0.29, 0.717) is 6.17 Å². The van der Waals surface area contributed by atoms with E-state index in [1.807, 2.05) is 0 Å². The Morgan fingerprint density at radius 1 is 1.64 bits per heavy atom. The molecule has 0 aromatic carbocycles. The Morgan fingerprint density at radius 2 is 2.27 bits per heavy atom. The van der Waals surface area contributed by atoms with Crippen LogP contribution in [0.5, 0.6) is 0 Å². The molecule has 0 bridgehead atoms. The Hall–Kier alpha value is 0.0700. The van der Waals surface area contributed by atoms with Crippen LogP contribution in [0.25, 0.3) is 0 Å². The molecule has 0 aromatic heterocycles. The van der Waals surface area contributed by atoms with Gasteiger partial charge in [0.15, 0.2) is 0 Å². The predicted octanol–water partition coefficient (Wildman–Crippen LogP) is 2.22. The van der Waals surface area contributed by atoms with Crippen molar-refractivity contribution in [2.75, 3.05) is 13.6 Å². The first-order valence-electron chi connectivity index (χ1n) is 4.02. The predicted molar refractivity (Wildman–Crippen MR) is 56.3 cm³/mol. The van der Waals surface area contributed by atoms with Crippen molar-refractivity contribution >= 4 is 22.6 Å². The minimum atomic E-state index is 0.543. The standard InChI is InChI=1S/C8H15IN2/c1-4-5-11-6-8(9)10(3)7(11)2/h6-7H,4-5H2,1-3H3. The minimum Gasteiger partial charge on any atom is -0.355 e. The highest BCUT2D eigenvalue weighted by molar-refractivity contribution is 14.1. The van der Waals surface area contributed by atoms with Crippen LogP contribution in [0.2, 0.25) is 0 Å². The van der Waals surface area contributed by atoms with Crippen molar-refractivity contribution in [3.05, 3.63) is 9.90 Å². The topological polar surface area (TPSA) is 6.48 Å². The third-order valence-electron chi connectivity index (χ3n) is 2.13. The van der Waals surface area contributed by atoms with Crippen LogP contribution in [0.1, 0.15) is 20.3 Å². The molecule has 1 rings (SSSR count). The molecule has 1 unspecified atom stereocenters. The van der Waals surface area contributed by atoms with Gasteiger partial charge in [0, 0.05) is 19.8 Å². The number of rotatable bonds is 2. The largest absolute Gasteiger partial charge is 0.355 e. The monoisotopic (exact) mass is 266 g/mol. The molecule has 0 fully saturated rings. The summed E-state index contributed by atoms with van der Waals surface area (Å²) in [6, 6.07) is 0. The lowest BCUT2D eigenvalue weighted by Crippen LogP contribution is -2.34. The number of hydrogen-bond acceptors (Lipinski definition) is 2. The molecular formula is C8H15IN2. The van der Waals surface area contributed by atoms with Gasteiger partial charge in [0.05, 0.1) is 9.87 Å². The van der Waals surface area contributed by atoms with E-state index in [1.165, 1.54) is 10.1 Å². The summed E-state index contributed by atoms with van der Waals surface area (Å²) < 4.78 is 1.34. The van der Waals surface area contributed by atoms with E-state index in [-0.39, 0.29) is 0 Å². The number of halogens is 1. The van der Waals surface area contributed by atoms with Crippen molar-refractivity contribution in [3.8, 4) is 0 Å². The van der Waals surface area contributed by atoms with Gasteiger partial charge in [0.1, 0.15) is 0 Å². The molecule has 0 N–H and O–H groups in total. The average Bonchev–Trinajstić information content (AvgIpc) is 2.19. The quantitative estimate of drug-likeness (QED) is 0.558. The molecule has 1 heterocycles. The maximum absolute atomic E-state index is 2.38. The Balaban J connectivity index is 2.57. The first kappa shape index (κ1) is 9.16. The molecule has 0 aromatic rings. The van der Waals surface area contributed by atoms with E-state index >= 15 is 0 Å². The fourth-order valence-corrected chi connectivity index (χ4v) is 2.01. The summed E-state index contributed by atoms with van der Waals surface area (Å²) in [5, 5.41) is 0. The van der Waals surface area contributed by atoms with Crippen LogP contribution in [0.15, 0.2) is 9.90 Å². The Labute approximate surface area is 82.4 Å². The van der Waals surface area contributed by atoms with Crippen LogP contribution >= 0.6 is 22.6 Å². The van der Waals surface area contributed by atoms with Gasteiger partial charge in [-0.2, -0.15) is 0 Å². The third-order valence-corrected chi connectivity index (χ3v) is 3.17. The second kappa shape index (κ2) is 3.65. The van der Waals surface area contributed by atoms with Crippen LogP contribution in [-0.4, -0.2) is 29.6 Å². The van der Waals surface area contributed by atoms with Crippen LogP contribution in [-0.2, 0) is 0 Å². The Bertz CT molecular complexity index is 167. The SMILES string of the molecule is CCCN1C=C(I)N(C)C1C. The van der Waals surface area contributed by atoms with Crippen LogP contribution in [0.4, 0.5) is 0 Å². The molecule has 0 aliphatic carbocycles. The molecule has 3 heteroatoms. The molecule has 1 aliphatic rings. The van der Waals surface area contributed by atoms with Gasteiger partial charge >= 0.3 is 0 Å². The highest BCUT2D eigenvalue weighted by Crippen LogP contribution is 2.24. The fraction of sp³-hybridized carbons (Fsp3) is 0.750. The van der Waals surface area contributed by atoms with Crippen LogP contribution in [0, 0.1) is 0 Å². The van der Waals surface area contributed by atoms with E-state index in [4.69, 9.17) is 0 Å². The maximum atomic E-state index is 2.38.